The summed E-state index contributed by atoms with van der Waals surface area (Å²) in [7, 11) is 0. The van der Waals surface area contributed by atoms with E-state index in [1.54, 1.807) is 22.6 Å². The zero-order valence-electron chi connectivity index (χ0n) is 10.9. The summed E-state index contributed by atoms with van der Waals surface area (Å²) in [5.41, 5.74) is -4.53. The summed E-state index contributed by atoms with van der Waals surface area (Å²) in [4.78, 5) is 0. The molecule has 118 valence electrons. The average Bonchev–Trinajstić information content (AvgIpc) is 2.46. The van der Waals surface area contributed by atoms with Gasteiger partial charge < -0.3 is 5.11 Å². The third kappa shape index (κ3) is 2.60. The number of aliphatic hydroxyl groups is 1. The van der Waals surface area contributed by atoms with Crippen LogP contribution in [-0.4, -0.2) is 17.2 Å². The lowest BCUT2D eigenvalue weighted by molar-refractivity contribution is -0.336. The summed E-state index contributed by atoms with van der Waals surface area (Å²) in [5, 5.41) is 10.5. The van der Waals surface area contributed by atoms with Crippen LogP contribution in [0.25, 0.3) is 0 Å². The highest BCUT2D eigenvalue weighted by atomic mass is 127. The smallest absolute Gasteiger partial charge is 0.374 e. The molecule has 0 heterocycles. The third-order valence-corrected chi connectivity index (χ3v) is 4.21. The molecule has 22 heavy (non-hydrogen) atoms. The minimum atomic E-state index is -5.91. The minimum absolute atomic E-state index is 0.107. The van der Waals surface area contributed by atoms with Crippen LogP contribution in [0.3, 0.4) is 0 Å². The van der Waals surface area contributed by atoms with E-state index >= 15 is 0 Å². The fourth-order valence-electron chi connectivity index (χ4n) is 2.15. The fourth-order valence-corrected chi connectivity index (χ4v) is 2.92. The predicted octanol–water partition coefficient (Wildman–Crippen LogP) is 4.72. The van der Waals surface area contributed by atoms with Gasteiger partial charge in [0, 0.05) is 9.13 Å². The molecular weight excluding hydrogens is 418 g/mol. The molecule has 0 saturated heterocycles. The largest absolute Gasteiger partial charge is 0.457 e. The van der Waals surface area contributed by atoms with Gasteiger partial charge in [0.05, 0.1) is 0 Å². The molecule has 0 radical (unpaired) electrons. The molecule has 0 aliphatic rings. The summed E-state index contributed by atoms with van der Waals surface area (Å²) < 4.78 is 67.2. The van der Waals surface area contributed by atoms with Crippen LogP contribution in [0.15, 0.2) is 54.6 Å². The summed E-state index contributed by atoms with van der Waals surface area (Å²) in [5.74, 6) is -5.36. The molecule has 0 aliphatic carbocycles. The SMILES string of the molecule is OC(c1ccccc1)(c1ccccc1I)C(F)(F)C(F)(F)F. The molecule has 0 spiro atoms. The first-order chi connectivity index (χ1) is 10.1. The van der Waals surface area contributed by atoms with Crippen LogP contribution in [0, 0.1) is 3.57 Å². The average molecular weight is 428 g/mol. The number of rotatable bonds is 3. The number of halogens is 6. The van der Waals surface area contributed by atoms with E-state index in [1.807, 2.05) is 0 Å². The Morgan fingerprint density at radius 2 is 1.27 bits per heavy atom. The molecular formula is C15H10F5IO. The van der Waals surface area contributed by atoms with E-state index in [1.165, 1.54) is 36.4 Å². The van der Waals surface area contributed by atoms with Crippen molar-refractivity contribution in [2.45, 2.75) is 17.7 Å². The Balaban J connectivity index is 2.80. The van der Waals surface area contributed by atoms with Crippen molar-refractivity contribution in [3.8, 4) is 0 Å². The van der Waals surface area contributed by atoms with Gasteiger partial charge in [-0.2, -0.15) is 22.0 Å². The molecule has 2 aromatic carbocycles. The van der Waals surface area contributed by atoms with Gasteiger partial charge in [0.15, 0.2) is 5.60 Å². The first-order valence-electron chi connectivity index (χ1n) is 6.10. The zero-order valence-corrected chi connectivity index (χ0v) is 13.1. The Morgan fingerprint density at radius 1 is 0.773 bits per heavy atom. The molecule has 0 bridgehead atoms. The molecule has 7 heteroatoms. The van der Waals surface area contributed by atoms with Crippen molar-refractivity contribution in [2.75, 3.05) is 0 Å². The topological polar surface area (TPSA) is 20.2 Å². The molecule has 0 saturated carbocycles. The maximum atomic E-state index is 14.2. The second-order valence-electron chi connectivity index (χ2n) is 4.63. The standard InChI is InChI=1S/C15H10F5IO/c16-14(17,15(18,19)20)13(22,10-6-2-1-3-7-10)11-8-4-5-9-12(11)21/h1-9,22H. The number of hydrogen-bond donors (Lipinski definition) is 1. The van der Waals surface area contributed by atoms with E-state index in [-0.39, 0.29) is 3.57 Å². The molecule has 0 amide bonds. The fraction of sp³-hybridized carbons (Fsp3) is 0.200. The molecule has 1 nitrogen and oxygen atoms in total. The van der Waals surface area contributed by atoms with Crippen molar-refractivity contribution in [3.05, 3.63) is 69.3 Å². The lowest BCUT2D eigenvalue weighted by Crippen LogP contribution is -2.55. The van der Waals surface area contributed by atoms with Gasteiger partial charge in [0.1, 0.15) is 0 Å². The highest BCUT2D eigenvalue weighted by Crippen LogP contribution is 2.52. The van der Waals surface area contributed by atoms with Crippen LogP contribution in [0.4, 0.5) is 22.0 Å². The molecule has 1 atom stereocenters. The normalized spacial score (nSPS) is 15.4. The first-order valence-corrected chi connectivity index (χ1v) is 7.17. The second-order valence-corrected chi connectivity index (χ2v) is 5.79. The van der Waals surface area contributed by atoms with Gasteiger partial charge in [-0.1, -0.05) is 48.5 Å². The maximum absolute atomic E-state index is 14.2. The van der Waals surface area contributed by atoms with Crippen molar-refractivity contribution in [2.24, 2.45) is 0 Å². The number of alkyl halides is 5. The van der Waals surface area contributed by atoms with Crippen molar-refractivity contribution in [1.29, 1.82) is 0 Å². The number of benzene rings is 2. The Labute approximate surface area is 136 Å². The lowest BCUT2D eigenvalue weighted by atomic mass is 9.80. The summed E-state index contributed by atoms with van der Waals surface area (Å²) in [6.45, 7) is 0. The van der Waals surface area contributed by atoms with E-state index < -0.39 is 28.8 Å². The Bertz CT molecular complexity index is 656. The van der Waals surface area contributed by atoms with Crippen molar-refractivity contribution in [3.63, 3.8) is 0 Å². The van der Waals surface area contributed by atoms with Gasteiger partial charge in [-0.3, -0.25) is 0 Å². The summed E-state index contributed by atoms with van der Waals surface area (Å²) in [6.07, 6.45) is -5.91. The van der Waals surface area contributed by atoms with E-state index in [0.717, 1.165) is 18.2 Å². The molecule has 1 unspecified atom stereocenters. The van der Waals surface area contributed by atoms with Gasteiger partial charge in [0.2, 0.25) is 0 Å². The molecule has 1 N–H and O–H groups in total. The Morgan fingerprint density at radius 3 is 1.77 bits per heavy atom. The van der Waals surface area contributed by atoms with Gasteiger partial charge in [0.25, 0.3) is 0 Å². The van der Waals surface area contributed by atoms with Crippen molar-refractivity contribution < 1.29 is 27.1 Å². The van der Waals surface area contributed by atoms with E-state index in [2.05, 4.69) is 0 Å². The van der Waals surface area contributed by atoms with Crippen molar-refractivity contribution >= 4 is 22.6 Å². The van der Waals surface area contributed by atoms with E-state index in [9.17, 15) is 27.1 Å². The number of hydrogen-bond acceptors (Lipinski definition) is 1. The minimum Gasteiger partial charge on any atom is -0.374 e. The molecule has 0 aromatic heterocycles. The first kappa shape index (κ1) is 17.1. The van der Waals surface area contributed by atoms with Crippen LogP contribution in [0.2, 0.25) is 0 Å². The lowest BCUT2D eigenvalue weighted by Gasteiger charge is -2.38. The Hall–Kier alpha value is -1.22. The van der Waals surface area contributed by atoms with Crippen LogP contribution < -0.4 is 0 Å². The van der Waals surface area contributed by atoms with Gasteiger partial charge in [-0.15, -0.1) is 0 Å². The zero-order chi connectivity index (χ0) is 16.6. The van der Waals surface area contributed by atoms with Crippen LogP contribution in [-0.2, 0) is 5.60 Å². The monoisotopic (exact) mass is 428 g/mol. The molecule has 0 fully saturated rings. The Kier molecular flexibility index (Phi) is 4.49. The van der Waals surface area contributed by atoms with Crippen LogP contribution >= 0.6 is 22.6 Å². The highest BCUT2D eigenvalue weighted by Gasteiger charge is 2.71. The molecule has 2 aromatic rings. The molecule has 2 rings (SSSR count). The summed E-state index contributed by atoms with van der Waals surface area (Å²) >= 11 is 1.62. The highest BCUT2D eigenvalue weighted by molar-refractivity contribution is 14.1. The second kappa shape index (κ2) is 5.77. The van der Waals surface area contributed by atoms with Gasteiger partial charge in [-0.25, -0.2) is 0 Å². The van der Waals surface area contributed by atoms with Gasteiger partial charge in [-0.05, 0) is 34.2 Å². The quantitative estimate of drug-likeness (QED) is 0.554. The maximum Gasteiger partial charge on any atom is 0.457 e. The molecule has 0 aliphatic heterocycles. The van der Waals surface area contributed by atoms with E-state index in [4.69, 9.17) is 0 Å². The van der Waals surface area contributed by atoms with Crippen LogP contribution in [0.5, 0.6) is 0 Å². The third-order valence-electron chi connectivity index (χ3n) is 3.27. The van der Waals surface area contributed by atoms with E-state index in [0.29, 0.717) is 0 Å². The van der Waals surface area contributed by atoms with Crippen molar-refractivity contribution in [1.82, 2.24) is 0 Å². The van der Waals surface area contributed by atoms with Gasteiger partial charge >= 0.3 is 12.1 Å². The predicted molar refractivity (Wildman–Crippen MR) is 79.6 cm³/mol. The summed E-state index contributed by atoms with van der Waals surface area (Å²) in [6, 6.07) is 11.4. The van der Waals surface area contributed by atoms with Crippen LogP contribution in [0.1, 0.15) is 11.1 Å².